The van der Waals surface area contributed by atoms with Gasteiger partial charge in [0.1, 0.15) is 11.2 Å². The van der Waals surface area contributed by atoms with Crippen molar-refractivity contribution < 1.29 is 19.4 Å². The van der Waals surface area contributed by atoms with E-state index >= 15 is 0 Å². The van der Waals surface area contributed by atoms with E-state index in [0.29, 0.717) is 29.6 Å². The lowest BCUT2D eigenvalue weighted by atomic mass is 9.80. The summed E-state index contributed by atoms with van der Waals surface area (Å²) in [6.07, 6.45) is 4.92. The van der Waals surface area contributed by atoms with Crippen molar-refractivity contribution in [1.82, 2.24) is 20.5 Å². The first-order chi connectivity index (χ1) is 16.5. The number of aliphatic hydroxyl groups is 1. The van der Waals surface area contributed by atoms with Gasteiger partial charge in [-0.2, -0.15) is 0 Å². The van der Waals surface area contributed by atoms with Crippen LogP contribution in [0.15, 0.2) is 30.5 Å². The highest BCUT2D eigenvalue weighted by molar-refractivity contribution is 7.13. The molecular formula is C26H36N4O4S. The van der Waals surface area contributed by atoms with E-state index in [1.165, 1.54) is 11.3 Å². The topological polar surface area (TPSA) is 104 Å². The van der Waals surface area contributed by atoms with Gasteiger partial charge in [-0.25, -0.2) is 4.98 Å². The predicted molar refractivity (Wildman–Crippen MR) is 136 cm³/mol. The van der Waals surface area contributed by atoms with Crippen LogP contribution in [0.3, 0.4) is 0 Å². The summed E-state index contributed by atoms with van der Waals surface area (Å²) in [4.78, 5) is 32.1. The molecule has 1 aromatic carbocycles. The first-order valence-electron chi connectivity index (χ1n) is 12.3. The van der Waals surface area contributed by atoms with Crippen LogP contribution in [-0.4, -0.2) is 64.1 Å². The fourth-order valence-electron chi connectivity index (χ4n) is 4.70. The molecule has 190 valence electrons. The fourth-order valence-corrected chi connectivity index (χ4v) is 5.79. The van der Waals surface area contributed by atoms with Crippen LogP contribution in [0.25, 0.3) is 0 Å². The van der Waals surface area contributed by atoms with Crippen molar-refractivity contribution in [3.8, 4) is 5.19 Å². The summed E-state index contributed by atoms with van der Waals surface area (Å²) in [7, 11) is 0. The van der Waals surface area contributed by atoms with Crippen molar-refractivity contribution in [1.29, 1.82) is 0 Å². The number of amides is 2. The number of benzene rings is 1. The van der Waals surface area contributed by atoms with Crippen molar-refractivity contribution in [3.63, 3.8) is 0 Å². The van der Waals surface area contributed by atoms with Crippen molar-refractivity contribution in [2.24, 2.45) is 0 Å². The van der Waals surface area contributed by atoms with Crippen molar-refractivity contribution in [3.05, 3.63) is 46.5 Å². The van der Waals surface area contributed by atoms with E-state index < -0.39 is 5.60 Å². The molecule has 3 N–H and O–H groups in total. The second kappa shape index (κ2) is 10.2. The maximum Gasteiger partial charge on any atom is 0.273 e. The molecule has 2 aliphatic rings. The van der Waals surface area contributed by atoms with Gasteiger partial charge in [0.15, 0.2) is 0 Å². The van der Waals surface area contributed by atoms with Gasteiger partial charge in [-0.1, -0.05) is 29.0 Å². The maximum atomic E-state index is 12.3. The smallest absolute Gasteiger partial charge is 0.273 e. The van der Waals surface area contributed by atoms with E-state index in [4.69, 9.17) is 4.74 Å². The first kappa shape index (κ1) is 25.6. The van der Waals surface area contributed by atoms with Gasteiger partial charge in [0, 0.05) is 30.9 Å². The molecular weight excluding hydrogens is 464 g/mol. The second-order valence-corrected chi connectivity index (χ2v) is 11.7. The van der Waals surface area contributed by atoms with Crippen LogP contribution in [0.5, 0.6) is 5.19 Å². The number of aryl methyl sites for hydroxylation is 1. The van der Waals surface area contributed by atoms with Crippen LogP contribution < -0.4 is 15.4 Å². The summed E-state index contributed by atoms with van der Waals surface area (Å²) in [5, 5.41) is 17.5. The maximum absolute atomic E-state index is 12.3. The standard InChI is InChI=1S/C26H36N4O4S/c1-17-6-5-7-18(12-17)23(32)27-14-22(31)29-19-15-30(16-19)20-8-10-26(33,11-9-20)21-13-28-24(35-21)34-25(2,3)4/h5-7,12-13,19-20,33H,8-11,14-16H2,1-4H3,(H,27,32)(H,29,31). The molecule has 0 radical (unpaired) electrons. The molecule has 8 nitrogen and oxygen atoms in total. The normalized spacial score (nSPS) is 23.4. The van der Waals surface area contributed by atoms with Gasteiger partial charge in [-0.3, -0.25) is 14.5 Å². The summed E-state index contributed by atoms with van der Waals surface area (Å²) in [6.45, 7) is 9.44. The minimum Gasteiger partial charge on any atom is -0.464 e. The van der Waals surface area contributed by atoms with Gasteiger partial charge in [-0.15, -0.1) is 0 Å². The molecule has 2 amide bonds. The Morgan fingerprint density at radius 3 is 2.63 bits per heavy atom. The number of thiazole rings is 1. The molecule has 2 heterocycles. The SMILES string of the molecule is Cc1cccc(C(=O)NCC(=O)NC2CN(C3CCC(O)(c4cnc(OC(C)(C)C)s4)CC3)C2)c1. The number of hydrogen-bond acceptors (Lipinski definition) is 7. The number of carbonyl (C=O) groups excluding carboxylic acids is 2. The zero-order valence-electron chi connectivity index (χ0n) is 21.0. The molecule has 1 aliphatic heterocycles. The third-order valence-electron chi connectivity index (χ3n) is 6.60. The summed E-state index contributed by atoms with van der Waals surface area (Å²) in [5.74, 6) is -0.418. The van der Waals surface area contributed by atoms with Gasteiger partial charge in [-0.05, 0) is 65.5 Å². The second-order valence-electron chi connectivity index (χ2n) is 10.7. The highest BCUT2D eigenvalue weighted by Crippen LogP contribution is 2.43. The summed E-state index contributed by atoms with van der Waals surface area (Å²) in [6, 6.07) is 7.80. The van der Waals surface area contributed by atoms with E-state index in [0.717, 1.165) is 36.4 Å². The quantitative estimate of drug-likeness (QED) is 0.540. The van der Waals surface area contributed by atoms with E-state index in [9.17, 15) is 14.7 Å². The van der Waals surface area contributed by atoms with Crippen LogP contribution in [0.1, 0.15) is 67.3 Å². The zero-order chi connectivity index (χ0) is 25.2. The largest absolute Gasteiger partial charge is 0.464 e. The lowest BCUT2D eigenvalue weighted by molar-refractivity contribution is -0.122. The molecule has 0 bridgehead atoms. The molecule has 0 atom stereocenters. The zero-order valence-corrected chi connectivity index (χ0v) is 21.8. The Kier molecular flexibility index (Phi) is 7.49. The lowest BCUT2D eigenvalue weighted by Crippen LogP contribution is -2.63. The number of nitrogens with zero attached hydrogens (tertiary/aromatic N) is 2. The third kappa shape index (κ3) is 6.59. The molecule has 1 saturated heterocycles. The Morgan fingerprint density at radius 1 is 1.26 bits per heavy atom. The predicted octanol–water partition coefficient (Wildman–Crippen LogP) is 2.99. The first-order valence-corrected chi connectivity index (χ1v) is 13.1. The van der Waals surface area contributed by atoms with Crippen LogP contribution in [-0.2, 0) is 10.4 Å². The Balaban J connectivity index is 1.17. The number of likely N-dealkylation sites (tertiary alicyclic amines) is 1. The summed E-state index contributed by atoms with van der Waals surface area (Å²) >= 11 is 1.43. The van der Waals surface area contributed by atoms with Crippen molar-refractivity contribution in [2.75, 3.05) is 19.6 Å². The number of nitrogens with one attached hydrogen (secondary N) is 2. The van der Waals surface area contributed by atoms with Crippen LogP contribution in [0.2, 0.25) is 0 Å². The summed E-state index contributed by atoms with van der Waals surface area (Å²) < 4.78 is 5.84. The molecule has 4 rings (SSSR count). The molecule has 1 aliphatic carbocycles. The molecule has 1 saturated carbocycles. The lowest BCUT2D eigenvalue weighted by Gasteiger charge is -2.48. The molecule has 35 heavy (non-hydrogen) atoms. The highest BCUT2D eigenvalue weighted by Gasteiger charge is 2.41. The number of ether oxygens (including phenoxy) is 1. The Morgan fingerprint density at radius 2 is 1.97 bits per heavy atom. The Hall–Kier alpha value is -2.49. The highest BCUT2D eigenvalue weighted by atomic mass is 32.1. The average Bonchev–Trinajstić information content (AvgIpc) is 3.23. The number of carbonyl (C=O) groups is 2. The molecule has 0 unspecified atom stereocenters. The fraction of sp³-hybridized carbons (Fsp3) is 0.577. The van der Waals surface area contributed by atoms with Gasteiger partial charge in [0.05, 0.1) is 17.5 Å². The summed E-state index contributed by atoms with van der Waals surface area (Å²) in [5.41, 5.74) is 0.401. The minimum atomic E-state index is -0.846. The molecule has 1 aromatic heterocycles. The Labute approximate surface area is 211 Å². The molecule has 9 heteroatoms. The number of rotatable bonds is 7. The monoisotopic (exact) mass is 500 g/mol. The molecule has 2 fully saturated rings. The minimum absolute atomic E-state index is 0.0322. The van der Waals surface area contributed by atoms with Crippen LogP contribution in [0.4, 0.5) is 0 Å². The van der Waals surface area contributed by atoms with E-state index in [2.05, 4.69) is 20.5 Å². The van der Waals surface area contributed by atoms with Crippen LogP contribution in [0, 0.1) is 6.92 Å². The van der Waals surface area contributed by atoms with E-state index in [1.54, 1.807) is 18.3 Å². The average molecular weight is 501 g/mol. The van der Waals surface area contributed by atoms with Gasteiger partial charge in [0.2, 0.25) is 5.91 Å². The van der Waals surface area contributed by atoms with Gasteiger partial charge >= 0.3 is 0 Å². The van der Waals surface area contributed by atoms with Crippen molar-refractivity contribution >= 4 is 23.2 Å². The number of aromatic nitrogens is 1. The molecule has 0 spiro atoms. The molecule has 2 aromatic rings. The third-order valence-corrected chi connectivity index (χ3v) is 7.67. The van der Waals surface area contributed by atoms with E-state index in [1.807, 2.05) is 39.8 Å². The van der Waals surface area contributed by atoms with Gasteiger partial charge in [0.25, 0.3) is 11.1 Å². The number of hydrogen-bond donors (Lipinski definition) is 3. The Bertz CT molecular complexity index is 1050. The van der Waals surface area contributed by atoms with Crippen LogP contribution >= 0.6 is 11.3 Å². The van der Waals surface area contributed by atoms with Gasteiger partial charge < -0.3 is 20.5 Å². The van der Waals surface area contributed by atoms with E-state index in [-0.39, 0.29) is 30.0 Å². The van der Waals surface area contributed by atoms with Crippen molar-refractivity contribution in [2.45, 2.75) is 76.7 Å².